The number of ether oxygens (including phenoxy) is 2. The van der Waals surface area contributed by atoms with Crippen LogP contribution < -0.4 is 0 Å². The lowest BCUT2D eigenvalue weighted by Crippen LogP contribution is -2.23. The summed E-state index contributed by atoms with van der Waals surface area (Å²) in [6.45, 7) is 9.82. The summed E-state index contributed by atoms with van der Waals surface area (Å²) in [5, 5.41) is 0. The molecule has 0 aromatic carbocycles. The average molecular weight is 233 g/mol. The van der Waals surface area contributed by atoms with E-state index < -0.39 is 16.8 Å². The minimum Gasteiger partial charge on any atom is -0.347 e. The third-order valence-corrected chi connectivity index (χ3v) is 3.24. The SMILES string of the molecule is CC1(C)OC[C@@H](/C=N/[S@](=O)C(C)(C)C)O1. The summed E-state index contributed by atoms with van der Waals surface area (Å²) >= 11 is 0. The standard InChI is InChI=1S/C10H19NO3S/c1-9(2,3)15(12)11-6-8-7-13-10(4,5)14-8/h6,8H,7H2,1-5H3/b11-6+/t8-,15-/m1/s1. The van der Waals surface area contributed by atoms with Crippen LogP contribution in [-0.2, 0) is 20.5 Å². The van der Waals surface area contributed by atoms with Crippen molar-refractivity contribution >= 4 is 17.2 Å². The predicted molar refractivity (Wildman–Crippen MR) is 61.3 cm³/mol. The summed E-state index contributed by atoms with van der Waals surface area (Å²) in [4.78, 5) is 0. The largest absolute Gasteiger partial charge is 0.347 e. The van der Waals surface area contributed by atoms with Crippen molar-refractivity contribution in [2.24, 2.45) is 4.40 Å². The molecule has 0 spiro atoms. The van der Waals surface area contributed by atoms with Gasteiger partial charge in [0.15, 0.2) is 5.79 Å². The van der Waals surface area contributed by atoms with Crippen LogP contribution >= 0.6 is 0 Å². The van der Waals surface area contributed by atoms with E-state index in [1.807, 2.05) is 34.6 Å². The summed E-state index contributed by atoms with van der Waals surface area (Å²) in [7, 11) is -1.22. The van der Waals surface area contributed by atoms with Gasteiger partial charge < -0.3 is 9.47 Å². The van der Waals surface area contributed by atoms with Gasteiger partial charge in [0.05, 0.1) is 11.4 Å². The predicted octanol–water partition coefficient (Wildman–Crippen LogP) is 1.67. The van der Waals surface area contributed by atoms with Gasteiger partial charge in [-0.1, -0.05) is 0 Å². The minimum atomic E-state index is -1.22. The molecule has 0 aromatic heterocycles. The molecule has 0 unspecified atom stereocenters. The molecule has 15 heavy (non-hydrogen) atoms. The van der Waals surface area contributed by atoms with Gasteiger partial charge in [0, 0.05) is 6.21 Å². The molecule has 0 bridgehead atoms. The highest BCUT2D eigenvalue weighted by molar-refractivity contribution is 7.85. The van der Waals surface area contributed by atoms with E-state index in [9.17, 15) is 4.21 Å². The fourth-order valence-corrected chi connectivity index (χ4v) is 1.63. The van der Waals surface area contributed by atoms with E-state index in [1.165, 1.54) is 0 Å². The Morgan fingerprint density at radius 1 is 1.47 bits per heavy atom. The van der Waals surface area contributed by atoms with E-state index in [-0.39, 0.29) is 10.9 Å². The Balaban J connectivity index is 2.50. The second kappa shape index (κ2) is 4.31. The molecule has 1 aliphatic heterocycles. The molecule has 0 N–H and O–H groups in total. The van der Waals surface area contributed by atoms with Crippen LogP contribution in [0.3, 0.4) is 0 Å². The number of hydrogen-bond acceptors (Lipinski definition) is 3. The molecule has 88 valence electrons. The van der Waals surface area contributed by atoms with Crippen LogP contribution in [0, 0.1) is 0 Å². The van der Waals surface area contributed by atoms with Crippen LogP contribution in [0.5, 0.6) is 0 Å². The van der Waals surface area contributed by atoms with Crippen LogP contribution in [0.25, 0.3) is 0 Å². The Bertz CT molecular complexity index is 281. The zero-order chi connectivity index (χ0) is 11.7. The van der Waals surface area contributed by atoms with E-state index in [2.05, 4.69) is 4.40 Å². The van der Waals surface area contributed by atoms with Crippen molar-refractivity contribution in [2.75, 3.05) is 6.61 Å². The fourth-order valence-electron chi connectivity index (χ4n) is 1.07. The van der Waals surface area contributed by atoms with Crippen molar-refractivity contribution in [2.45, 2.75) is 51.3 Å². The molecule has 4 nitrogen and oxygen atoms in total. The Morgan fingerprint density at radius 2 is 2.07 bits per heavy atom. The molecular weight excluding hydrogens is 214 g/mol. The van der Waals surface area contributed by atoms with Crippen LogP contribution in [0.2, 0.25) is 0 Å². The lowest BCUT2D eigenvalue weighted by Gasteiger charge is -2.16. The highest BCUT2D eigenvalue weighted by Gasteiger charge is 2.32. The first-order valence-corrected chi connectivity index (χ1v) is 6.09. The van der Waals surface area contributed by atoms with Gasteiger partial charge in [-0.25, -0.2) is 4.21 Å². The normalized spacial score (nSPS) is 28.5. The Hall–Kier alpha value is -0.260. The third kappa shape index (κ3) is 4.01. The van der Waals surface area contributed by atoms with Crippen molar-refractivity contribution in [3.05, 3.63) is 0 Å². The van der Waals surface area contributed by atoms with Crippen LogP contribution in [-0.4, -0.2) is 33.7 Å². The van der Waals surface area contributed by atoms with E-state index in [1.54, 1.807) is 6.21 Å². The fraction of sp³-hybridized carbons (Fsp3) is 0.900. The van der Waals surface area contributed by atoms with E-state index in [0.29, 0.717) is 6.61 Å². The molecule has 1 saturated heterocycles. The van der Waals surface area contributed by atoms with Gasteiger partial charge in [-0.15, -0.1) is 0 Å². The van der Waals surface area contributed by atoms with Gasteiger partial charge in [0.25, 0.3) is 0 Å². The average Bonchev–Trinajstić information content (AvgIpc) is 2.39. The summed E-state index contributed by atoms with van der Waals surface area (Å²) in [6.07, 6.45) is 1.39. The summed E-state index contributed by atoms with van der Waals surface area (Å²) in [5.41, 5.74) is 0. The zero-order valence-electron chi connectivity index (χ0n) is 9.94. The maximum absolute atomic E-state index is 11.6. The number of rotatable bonds is 2. The van der Waals surface area contributed by atoms with Gasteiger partial charge >= 0.3 is 0 Å². The third-order valence-electron chi connectivity index (χ3n) is 1.88. The first-order valence-electron chi connectivity index (χ1n) is 4.99. The minimum absolute atomic E-state index is 0.189. The summed E-state index contributed by atoms with van der Waals surface area (Å²) < 4.78 is 26.1. The van der Waals surface area contributed by atoms with Crippen molar-refractivity contribution in [3.63, 3.8) is 0 Å². The van der Waals surface area contributed by atoms with E-state index in [4.69, 9.17) is 9.47 Å². The second-order valence-electron chi connectivity index (χ2n) is 4.98. The second-order valence-corrected chi connectivity index (χ2v) is 6.92. The lowest BCUT2D eigenvalue weighted by molar-refractivity contribution is -0.130. The quantitative estimate of drug-likeness (QED) is 0.682. The molecule has 1 fully saturated rings. The highest BCUT2D eigenvalue weighted by Crippen LogP contribution is 2.21. The highest BCUT2D eigenvalue weighted by atomic mass is 32.2. The first kappa shape index (κ1) is 12.8. The lowest BCUT2D eigenvalue weighted by atomic mass is 10.3. The smallest absolute Gasteiger partial charge is 0.163 e. The first-order chi connectivity index (χ1) is 6.71. The van der Waals surface area contributed by atoms with Gasteiger partial charge in [0.1, 0.15) is 17.1 Å². The topological polar surface area (TPSA) is 47.9 Å². The van der Waals surface area contributed by atoms with Gasteiger partial charge in [0.2, 0.25) is 0 Å². The van der Waals surface area contributed by atoms with E-state index in [0.717, 1.165) is 0 Å². The maximum Gasteiger partial charge on any atom is 0.163 e. The molecule has 0 aliphatic carbocycles. The summed E-state index contributed by atoms with van der Waals surface area (Å²) in [5.74, 6) is -0.556. The number of nitrogens with zero attached hydrogens (tertiary/aromatic N) is 1. The molecule has 1 rings (SSSR count). The molecule has 0 radical (unpaired) electrons. The van der Waals surface area contributed by atoms with Crippen LogP contribution in [0.1, 0.15) is 34.6 Å². The van der Waals surface area contributed by atoms with Gasteiger partial charge in [-0.2, -0.15) is 4.40 Å². The molecule has 0 aromatic rings. The maximum atomic E-state index is 11.6. The van der Waals surface area contributed by atoms with Crippen molar-refractivity contribution in [1.29, 1.82) is 0 Å². The zero-order valence-corrected chi connectivity index (χ0v) is 10.8. The van der Waals surface area contributed by atoms with Gasteiger partial charge in [-0.3, -0.25) is 0 Å². The molecule has 0 saturated carbocycles. The van der Waals surface area contributed by atoms with Crippen molar-refractivity contribution in [1.82, 2.24) is 0 Å². The van der Waals surface area contributed by atoms with Crippen molar-refractivity contribution < 1.29 is 13.7 Å². The van der Waals surface area contributed by atoms with Gasteiger partial charge in [-0.05, 0) is 34.6 Å². The molecule has 5 heteroatoms. The Morgan fingerprint density at radius 3 is 2.47 bits per heavy atom. The Kier molecular flexibility index (Phi) is 3.68. The number of hydrogen-bond donors (Lipinski definition) is 0. The summed E-state index contributed by atoms with van der Waals surface area (Å²) in [6, 6.07) is 0. The molecule has 1 aliphatic rings. The molecular formula is C10H19NO3S. The molecule has 1 heterocycles. The van der Waals surface area contributed by atoms with Crippen LogP contribution in [0.15, 0.2) is 4.40 Å². The molecule has 0 amide bonds. The monoisotopic (exact) mass is 233 g/mol. The van der Waals surface area contributed by atoms with Crippen LogP contribution in [0.4, 0.5) is 0 Å². The Labute approximate surface area is 93.6 Å². The van der Waals surface area contributed by atoms with Crippen molar-refractivity contribution in [3.8, 4) is 0 Å². The molecule has 2 atom stereocenters. The van der Waals surface area contributed by atoms with E-state index >= 15 is 0 Å².